The molecular weight excluding hydrogens is 289 g/mol. The number of hydrogen-bond donors (Lipinski definition) is 1. The van der Waals surface area contributed by atoms with E-state index in [1.165, 1.54) is 5.56 Å². The average Bonchev–Trinajstić information content (AvgIpc) is 2.42. The van der Waals surface area contributed by atoms with Crippen molar-refractivity contribution in [2.45, 2.75) is 26.4 Å². The van der Waals surface area contributed by atoms with Crippen LogP contribution < -0.4 is 5.32 Å². The lowest BCUT2D eigenvalue weighted by Crippen LogP contribution is -2.25. The van der Waals surface area contributed by atoms with Crippen LogP contribution in [0.3, 0.4) is 0 Å². The molecule has 0 amide bonds. The van der Waals surface area contributed by atoms with Crippen LogP contribution >= 0.6 is 23.2 Å². The number of hydrogen-bond acceptors (Lipinski definition) is 1. The number of benzene rings is 2. The van der Waals surface area contributed by atoms with Crippen molar-refractivity contribution in [1.82, 2.24) is 5.32 Å². The molecule has 20 heavy (non-hydrogen) atoms. The molecule has 2 aromatic rings. The molecule has 0 saturated heterocycles. The van der Waals surface area contributed by atoms with Gasteiger partial charge in [-0.2, -0.15) is 0 Å². The summed E-state index contributed by atoms with van der Waals surface area (Å²) >= 11 is 12.1. The largest absolute Gasteiger partial charge is 0.306 e. The third-order valence-corrected chi connectivity index (χ3v) is 3.99. The highest BCUT2D eigenvalue weighted by molar-refractivity contribution is 6.31. The minimum atomic E-state index is 0.281. The summed E-state index contributed by atoms with van der Waals surface area (Å²) in [5.74, 6) is 0.485. The van der Waals surface area contributed by atoms with Crippen LogP contribution in [0.2, 0.25) is 10.0 Å². The minimum Gasteiger partial charge on any atom is -0.306 e. The van der Waals surface area contributed by atoms with Gasteiger partial charge in [0, 0.05) is 22.6 Å². The second-order valence-corrected chi connectivity index (χ2v) is 6.09. The van der Waals surface area contributed by atoms with Crippen LogP contribution in [-0.4, -0.2) is 0 Å². The maximum absolute atomic E-state index is 6.20. The van der Waals surface area contributed by atoms with Crippen LogP contribution in [0.1, 0.15) is 31.0 Å². The molecule has 1 nitrogen and oxygen atoms in total. The van der Waals surface area contributed by atoms with Crippen molar-refractivity contribution in [2.24, 2.45) is 5.92 Å². The molecule has 0 aliphatic carbocycles. The molecule has 1 unspecified atom stereocenters. The monoisotopic (exact) mass is 307 g/mol. The van der Waals surface area contributed by atoms with Gasteiger partial charge in [0.2, 0.25) is 0 Å². The van der Waals surface area contributed by atoms with Crippen LogP contribution in [0, 0.1) is 5.92 Å². The van der Waals surface area contributed by atoms with Crippen molar-refractivity contribution in [3.05, 3.63) is 69.7 Å². The first kappa shape index (κ1) is 15.4. The van der Waals surface area contributed by atoms with Gasteiger partial charge >= 0.3 is 0 Å². The minimum absolute atomic E-state index is 0.281. The Balaban J connectivity index is 2.11. The predicted octanol–water partition coefficient (Wildman–Crippen LogP) is 5.48. The van der Waals surface area contributed by atoms with Gasteiger partial charge in [-0.15, -0.1) is 0 Å². The molecule has 0 aliphatic heterocycles. The van der Waals surface area contributed by atoms with E-state index in [0.29, 0.717) is 5.92 Å². The maximum Gasteiger partial charge on any atom is 0.0450 e. The molecule has 3 heteroatoms. The quantitative estimate of drug-likeness (QED) is 0.771. The SMILES string of the molecule is CC(C)C(NCc1ccccc1Cl)c1ccc(Cl)cc1. The summed E-state index contributed by atoms with van der Waals surface area (Å²) in [6.45, 7) is 5.17. The van der Waals surface area contributed by atoms with Crippen LogP contribution in [0.25, 0.3) is 0 Å². The number of nitrogens with one attached hydrogen (secondary N) is 1. The van der Waals surface area contributed by atoms with E-state index < -0.39 is 0 Å². The first-order valence-corrected chi connectivity index (χ1v) is 7.56. The lowest BCUT2D eigenvalue weighted by molar-refractivity contribution is 0.410. The highest BCUT2D eigenvalue weighted by atomic mass is 35.5. The summed E-state index contributed by atoms with van der Waals surface area (Å²) in [4.78, 5) is 0. The highest BCUT2D eigenvalue weighted by Gasteiger charge is 2.15. The van der Waals surface area contributed by atoms with Gasteiger partial charge in [0.15, 0.2) is 0 Å². The molecule has 2 rings (SSSR count). The van der Waals surface area contributed by atoms with E-state index in [4.69, 9.17) is 23.2 Å². The van der Waals surface area contributed by atoms with Crippen molar-refractivity contribution in [3.8, 4) is 0 Å². The molecule has 106 valence electrons. The van der Waals surface area contributed by atoms with Gasteiger partial charge < -0.3 is 5.32 Å². The molecule has 0 radical (unpaired) electrons. The normalized spacial score (nSPS) is 12.7. The number of halogens is 2. The Hall–Kier alpha value is -1.02. The van der Waals surface area contributed by atoms with Gasteiger partial charge in [0.05, 0.1) is 0 Å². The van der Waals surface area contributed by atoms with Crippen molar-refractivity contribution in [1.29, 1.82) is 0 Å². The van der Waals surface area contributed by atoms with Gasteiger partial charge in [-0.3, -0.25) is 0 Å². The lowest BCUT2D eigenvalue weighted by atomic mass is 9.96. The van der Waals surface area contributed by atoms with Crippen LogP contribution in [0.5, 0.6) is 0 Å². The van der Waals surface area contributed by atoms with E-state index in [1.54, 1.807) is 0 Å². The van der Waals surface area contributed by atoms with Gasteiger partial charge in [0.25, 0.3) is 0 Å². The van der Waals surface area contributed by atoms with E-state index in [1.807, 2.05) is 30.3 Å². The molecule has 0 aliphatic rings. The second kappa shape index (κ2) is 7.12. The first-order chi connectivity index (χ1) is 9.58. The summed E-state index contributed by atoms with van der Waals surface area (Å²) in [6.07, 6.45) is 0. The zero-order valence-corrected chi connectivity index (χ0v) is 13.2. The molecule has 2 aromatic carbocycles. The highest BCUT2D eigenvalue weighted by Crippen LogP contribution is 2.24. The molecular formula is C17H19Cl2N. The van der Waals surface area contributed by atoms with E-state index in [9.17, 15) is 0 Å². The fraction of sp³-hybridized carbons (Fsp3) is 0.294. The zero-order valence-electron chi connectivity index (χ0n) is 11.7. The standard InChI is InChI=1S/C17H19Cl2N/c1-12(2)17(13-7-9-15(18)10-8-13)20-11-14-5-3-4-6-16(14)19/h3-10,12,17,20H,11H2,1-2H3. The summed E-state index contributed by atoms with van der Waals surface area (Å²) in [6, 6.07) is 16.2. The van der Waals surface area contributed by atoms with E-state index in [2.05, 4.69) is 37.4 Å². The third-order valence-electron chi connectivity index (χ3n) is 3.37. The Morgan fingerprint density at radius 2 is 1.60 bits per heavy atom. The van der Waals surface area contributed by atoms with Crippen LogP contribution in [0.15, 0.2) is 48.5 Å². The van der Waals surface area contributed by atoms with Gasteiger partial charge in [0.1, 0.15) is 0 Å². The molecule has 0 fully saturated rings. The fourth-order valence-corrected chi connectivity index (χ4v) is 2.60. The lowest BCUT2D eigenvalue weighted by Gasteiger charge is -2.23. The Bertz CT molecular complexity index is 549. The molecule has 0 aromatic heterocycles. The van der Waals surface area contributed by atoms with Gasteiger partial charge in [-0.05, 0) is 35.2 Å². The molecule has 0 saturated carbocycles. The molecule has 0 bridgehead atoms. The van der Waals surface area contributed by atoms with Crippen molar-refractivity contribution < 1.29 is 0 Å². The summed E-state index contributed by atoms with van der Waals surface area (Å²) in [5.41, 5.74) is 2.37. The Morgan fingerprint density at radius 1 is 0.950 bits per heavy atom. The zero-order chi connectivity index (χ0) is 14.5. The predicted molar refractivity (Wildman–Crippen MR) is 87.3 cm³/mol. The molecule has 0 spiro atoms. The molecule has 1 N–H and O–H groups in total. The summed E-state index contributed by atoms with van der Waals surface area (Å²) in [5, 5.41) is 5.15. The topological polar surface area (TPSA) is 12.0 Å². The Labute approximate surface area is 130 Å². The fourth-order valence-electron chi connectivity index (χ4n) is 2.27. The van der Waals surface area contributed by atoms with Gasteiger partial charge in [-0.1, -0.05) is 67.4 Å². The van der Waals surface area contributed by atoms with E-state index in [0.717, 1.165) is 22.2 Å². The van der Waals surface area contributed by atoms with Crippen LogP contribution in [0.4, 0.5) is 0 Å². The second-order valence-electron chi connectivity index (χ2n) is 5.25. The first-order valence-electron chi connectivity index (χ1n) is 6.80. The summed E-state index contributed by atoms with van der Waals surface area (Å²) < 4.78 is 0. The third kappa shape index (κ3) is 3.99. The average molecular weight is 308 g/mol. The smallest absolute Gasteiger partial charge is 0.0450 e. The maximum atomic E-state index is 6.20. The molecule has 0 heterocycles. The van der Waals surface area contributed by atoms with Gasteiger partial charge in [-0.25, -0.2) is 0 Å². The van der Waals surface area contributed by atoms with E-state index in [-0.39, 0.29) is 6.04 Å². The van der Waals surface area contributed by atoms with Crippen molar-refractivity contribution >= 4 is 23.2 Å². The Kier molecular flexibility index (Phi) is 5.47. The van der Waals surface area contributed by atoms with Crippen molar-refractivity contribution in [3.63, 3.8) is 0 Å². The summed E-state index contributed by atoms with van der Waals surface area (Å²) in [7, 11) is 0. The Morgan fingerprint density at radius 3 is 2.20 bits per heavy atom. The van der Waals surface area contributed by atoms with E-state index >= 15 is 0 Å². The van der Waals surface area contributed by atoms with Crippen molar-refractivity contribution in [2.75, 3.05) is 0 Å². The van der Waals surface area contributed by atoms with Crippen LogP contribution in [-0.2, 0) is 6.54 Å². The number of rotatable bonds is 5. The molecule has 1 atom stereocenters.